The number of carbonyl (C=O) groups is 3. The molecule has 1 aliphatic carbocycles. The van der Waals surface area contributed by atoms with Gasteiger partial charge in [-0.25, -0.2) is 4.79 Å². The summed E-state index contributed by atoms with van der Waals surface area (Å²) in [5.74, 6) is -0.0681. The number of thioether (sulfide) groups is 1. The summed E-state index contributed by atoms with van der Waals surface area (Å²) >= 11 is 2.74. The van der Waals surface area contributed by atoms with Crippen LogP contribution in [0.2, 0.25) is 0 Å². The first-order valence-electron chi connectivity index (χ1n) is 12.4. The van der Waals surface area contributed by atoms with Crippen molar-refractivity contribution in [2.24, 2.45) is 0 Å². The van der Waals surface area contributed by atoms with E-state index in [9.17, 15) is 14.4 Å². The highest BCUT2D eigenvalue weighted by molar-refractivity contribution is 7.99. The maximum Gasteiger partial charge on any atom is 0.341 e. The van der Waals surface area contributed by atoms with E-state index < -0.39 is 0 Å². The third kappa shape index (κ3) is 6.40. The molecule has 2 amide bonds. The molecule has 4 rings (SSSR count). The van der Waals surface area contributed by atoms with Crippen LogP contribution in [-0.4, -0.2) is 44.9 Å². The first-order chi connectivity index (χ1) is 17.9. The summed E-state index contributed by atoms with van der Waals surface area (Å²) < 4.78 is 7.15. The summed E-state index contributed by atoms with van der Waals surface area (Å²) in [6, 6.07) is 7.38. The number of rotatable bonds is 10. The number of hydrogen-bond acceptors (Lipinski definition) is 8. The number of aryl methyl sites for hydroxylation is 2. The zero-order chi connectivity index (χ0) is 26.4. The fourth-order valence-electron chi connectivity index (χ4n) is 4.29. The van der Waals surface area contributed by atoms with Crippen LogP contribution in [0.1, 0.15) is 69.2 Å². The standard InChI is InChI=1S/C26H31N5O4S2/c1-4-31-20(14-27-23(33)17-10-8-9-16(3)13-17)29-30-26(31)36-15-21(32)28-24-22(25(34)35-5-2)18-11-6-7-12-19(18)37-24/h8-10,13H,4-7,11-12,14-15H2,1-3H3,(H,27,33)(H,28,32). The van der Waals surface area contributed by atoms with Crippen LogP contribution in [0.25, 0.3) is 0 Å². The normalized spacial score (nSPS) is 12.6. The van der Waals surface area contributed by atoms with Gasteiger partial charge in [0.15, 0.2) is 11.0 Å². The van der Waals surface area contributed by atoms with Crippen molar-refractivity contribution >= 4 is 45.9 Å². The van der Waals surface area contributed by atoms with Gasteiger partial charge in [-0.1, -0.05) is 29.5 Å². The summed E-state index contributed by atoms with van der Waals surface area (Å²) in [6.07, 6.45) is 3.85. The maximum absolute atomic E-state index is 12.8. The van der Waals surface area contributed by atoms with Gasteiger partial charge >= 0.3 is 5.97 Å². The Balaban J connectivity index is 1.38. The van der Waals surface area contributed by atoms with Crippen molar-refractivity contribution in [2.75, 3.05) is 17.7 Å². The molecule has 37 heavy (non-hydrogen) atoms. The van der Waals surface area contributed by atoms with E-state index in [1.54, 1.807) is 13.0 Å². The lowest BCUT2D eigenvalue weighted by Gasteiger charge is -2.12. The zero-order valence-electron chi connectivity index (χ0n) is 21.3. The van der Waals surface area contributed by atoms with Crippen LogP contribution >= 0.6 is 23.1 Å². The van der Waals surface area contributed by atoms with Crippen LogP contribution in [0.3, 0.4) is 0 Å². The Morgan fingerprint density at radius 1 is 1.16 bits per heavy atom. The van der Waals surface area contributed by atoms with Gasteiger partial charge in [-0.2, -0.15) is 0 Å². The fourth-order valence-corrected chi connectivity index (χ4v) is 6.40. The average Bonchev–Trinajstić information content (AvgIpc) is 3.46. The molecule has 3 aromatic rings. The predicted octanol–water partition coefficient (Wildman–Crippen LogP) is 4.38. The van der Waals surface area contributed by atoms with Crippen LogP contribution in [0.15, 0.2) is 29.4 Å². The summed E-state index contributed by atoms with van der Waals surface area (Å²) in [5.41, 5.74) is 3.12. The van der Waals surface area contributed by atoms with Crippen LogP contribution in [0.5, 0.6) is 0 Å². The number of nitrogens with zero attached hydrogens (tertiary/aromatic N) is 3. The van der Waals surface area contributed by atoms with Gasteiger partial charge in [0.25, 0.3) is 5.91 Å². The number of amides is 2. The molecule has 0 fully saturated rings. The lowest BCUT2D eigenvalue weighted by Crippen LogP contribution is -2.25. The smallest absolute Gasteiger partial charge is 0.341 e. The molecule has 196 valence electrons. The lowest BCUT2D eigenvalue weighted by atomic mass is 9.95. The van der Waals surface area contributed by atoms with Gasteiger partial charge in [-0.3, -0.25) is 9.59 Å². The van der Waals surface area contributed by atoms with Crippen molar-refractivity contribution in [3.63, 3.8) is 0 Å². The second-order valence-electron chi connectivity index (χ2n) is 8.67. The molecule has 2 aromatic heterocycles. The number of aromatic nitrogens is 3. The second-order valence-corrected chi connectivity index (χ2v) is 10.7. The van der Waals surface area contributed by atoms with Gasteiger partial charge in [0.05, 0.1) is 24.5 Å². The highest BCUT2D eigenvalue weighted by Crippen LogP contribution is 2.38. The van der Waals surface area contributed by atoms with Gasteiger partial charge < -0.3 is 19.9 Å². The number of ether oxygens (including phenoxy) is 1. The van der Waals surface area contributed by atoms with Crippen LogP contribution in [0, 0.1) is 6.92 Å². The minimum atomic E-state index is -0.382. The largest absolute Gasteiger partial charge is 0.462 e. The summed E-state index contributed by atoms with van der Waals surface area (Å²) in [6.45, 7) is 6.78. The predicted molar refractivity (Wildman–Crippen MR) is 144 cm³/mol. The molecule has 0 bridgehead atoms. The molecule has 2 heterocycles. The molecule has 0 spiro atoms. The molecule has 9 nitrogen and oxygen atoms in total. The molecule has 0 radical (unpaired) electrons. The number of anilines is 1. The molecule has 2 N–H and O–H groups in total. The summed E-state index contributed by atoms with van der Waals surface area (Å²) in [7, 11) is 0. The van der Waals surface area contributed by atoms with E-state index in [2.05, 4.69) is 20.8 Å². The van der Waals surface area contributed by atoms with Crippen molar-refractivity contribution in [3.05, 3.63) is 57.2 Å². The molecule has 0 atom stereocenters. The van der Waals surface area contributed by atoms with Gasteiger partial charge in [0.1, 0.15) is 5.00 Å². The van der Waals surface area contributed by atoms with E-state index >= 15 is 0 Å². The third-order valence-electron chi connectivity index (χ3n) is 6.03. The Morgan fingerprint density at radius 3 is 2.73 bits per heavy atom. The number of esters is 1. The first-order valence-corrected chi connectivity index (χ1v) is 14.2. The van der Waals surface area contributed by atoms with Crippen molar-refractivity contribution in [1.82, 2.24) is 20.1 Å². The van der Waals surface area contributed by atoms with Crippen LogP contribution < -0.4 is 10.6 Å². The molecule has 0 aliphatic heterocycles. The molecule has 0 saturated heterocycles. The van der Waals surface area contributed by atoms with Crippen molar-refractivity contribution in [3.8, 4) is 0 Å². The van der Waals surface area contributed by atoms with E-state index in [1.165, 1.54) is 23.1 Å². The summed E-state index contributed by atoms with van der Waals surface area (Å²) in [4.78, 5) is 39.1. The molecule has 1 aliphatic rings. The minimum absolute atomic E-state index is 0.110. The van der Waals surface area contributed by atoms with E-state index in [4.69, 9.17) is 4.74 Å². The topological polar surface area (TPSA) is 115 Å². The second kappa shape index (κ2) is 12.4. The van der Waals surface area contributed by atoms with Gasteiger partial charge in [-0.05, 0) is 64.2 Å². The van der Waals surface area contributed by atoms with Crippen molar-refractivity contribution in [2.45, 2.75) is 64.7 Å². The number of carbonyl (C=O) groups excluding carboxylic acids is 3. The Morgan fingerprint density at radius 2 is 1.97 bits per heavy atom. The van der Waals surface area contributed by atoms with E-state index in [0.717, 1.165) is 41.7 Å². The number of hydrogen-bond donors (Lipinski definition) is 2. The van der Waals surface area contributed by atoms with Gasteiger partial charge in [0.2, 0.25) is 5.91 Å². The lowest BCUT2D eigenvalue weighted by molar-refractivity contribution is -0.113. The maximum atomic E-state index is 12.8. The van der Waals surface area contributed by atoms with Gasteiger partial charge in [0, 0.05) is 17.0 Å². The minimum Gasteiger partial charge on any atom is -0.462 e. The Hall–Kier alpha value is -3.18. The van der Waals surface area contributed by atoms with Crippen LogP contribution in [-0.2, 0) is 35.5 Å². The fraction of sp³-hybridized carbons (Fsp3) is 0.423. The number of nitrogens with one attached hydrogen (secondary N) is 2. The third-order valence-corrected chi connectivity index (χ3v) is 8.21. The number of fused-ring (bicyclic) bond motifs is 1. The Labute approximate surface area is 224 Å². The van der Waals surface area contributed by atoms with E-state index in [1.807, 2.05) is 36.6 Å². The quantitative estimate of drug-likeness (QED) is 0.289. The monoisotopic (exact) mass is 541 g/mol. The van der Waals surface area contributed by atoms with E-state index in [-0.39, 0.29) is 36.7 Å². The molecule has 11 heteroatoms. The average molecular weight is 542 g/mol. The zero-order valence-corrected chi connectivity index (χ0v) is 22.9. The molecular formula is C26H31N5O4S2. The molecular weight excluding hydrogens is 510 g/mol. The molecule has 0 saturated carbocycles. The summed E-state index contributed by atoms with van der Waals surface area (Å²) in [5, 5.41) is 15.4. The highest BCUT2D eigenvalue weighted by atomic mass is 32.2. The Bertz CT molecular complexity index is 1300. The van der Waals surface area contributed by atoms with Crippen molar-refractivity contribution < 1.29 is 19.1 Å². The SMILES string of the molecule is CCOC(=O)c1c(NC(=O)CSc2nnc(CNC(=O)c3cccc(C)c3)n2CC)sc2c1CCCC2. The van der Waals surface area contributed by atoms with Crippen molar-refractivity contribution in [1.29, 1.82) is 0 Å². The molecule has 0 unspecified atom stereocenters. The number of benzene rings is 1. The highest BCUT2D eigenvalue weighted by Gasteiger charge is 2.27. The number of thiophene rings is 1. The van der Waals surface area contributed by atoms with Gasteiger partial charge in [-0.15, -0.1) is 21.5 Å². The Kier molecular flexibility index (Phi) is 8.99. The first kappa shape index (κ1) is 26.9. The van der Waals surface area contributed by atoms with E-state index in [0.29, 0.717) is 33.7 Å². The van der Waals surface area contributed by atoms with Crippen LogP contribution in [0.4, 0.5) is 5.00 Å². The molecule has 1 aromatic carbocycles.